The van der Waals surface area contributed by atoms with Crippen LogP contribution in [0.3, 0.4) is 0 Å². The summed E-state index contributed by atoms with van der Waals surface area (Å²) in [6, 6.07) is 4.96. The number of nitrogens with one attached hydrogen (secondary N) is 2. The van der Waals surface area contributed by atoms with Crippen LogP contribution in [0.1, 0.15) is 41.3 Å². The zero-order valence-electron chi connectivity index (χ0n) is 14.4. The average Bonchev–Trinajstić information content (AvgIpc) is 3.33. The van der Waals surface area contributed by atoms with Crippen molar-refractivity contribution >= 4 is 17.6 Å². The van der Waals surface area contributed by atoms with Crippen LogP contribution in [0.5, 0.6) is 0 Å². The Labute approximate surface area is 145 Å². The summed E-state index contributed by atoms with van der Waals surface area (Å²) in [6.45, 7) is 5.04. The van der Waals surface area contributed by atoms with Crippen LogP contribution in [0.15, 0.2) is 24.4 Å². The van der Waals surface area contributed by atoms with E-state index in [1.54, 1.807) is 19.2 Å². The van der Waals surface area contributed by atoms with Crippen molar-refractivity contribution in [3.8, 4) is 11.1 Å². The van der Waals surface area contributed by atoms with E-state index in [0.717, 1.165) is 29.5 Å². The van der Waals surface area contributed by atoms with E-state index < -0.39 is 5.82 Å². The molecule has 1 aromatic heterocycles. The SMILES string of the molecule is CC(=O)Nc1ncc(-c2cc(C(=O)NC3CC3)c(F)cc2C)cc1C. The molecule has 2 aromatic rings. The van der Waals surface area contributed by atoms with Crippen LogP contribution in [-0.4, -0.2) is 22.8 Å². The maximum absolute atomic E-state index is 14.2. The minimum atomic E-state index is -0.529. The first kappa shape index (κ1) is 17.1. The van der Waals surface area contributed by atoms with Crippen LogP contribution < -0.4 is 10.6 Å². The van der Waals surface area contributed by atoms with Gasteiger partial charge in [-0.15, -0.1) is 0 Å². The second-order valence-corrected chi connectivity index (χ2v) is 6.47. The van der Waals surface area contributed by atoms with Gasteiger partial charge in [0.25, 0.3) is 5.91 Å². The quantitative estimate of drug-likeness (QED) is 0.896. The van der Waals surface area contributed by atoms with Crippen molar-refractivity contribution in [2.75, 3.05) is 5.32 Å². The second-order valence-electron chi connectivity index (χ2n) is 6.47. The molecule has 0 atom stereocenters. The number of hydrogen-bond donors (Lipinski definition) is 2. The van der Waals surface area contributed by atoms with Crippen LogP contribution >= 0.6 is 0 Å². The van der Waals surface area contributed by atoms with E-state index in [1.807, 2.05) is 13.0 Å². The summed E-state index contributed by atoms with van der Waals surface area (Å²) in [5, 5.41) is 5.47. The summed E-state index contributed by atoms with van der Waals surface area (Å²) in [5.74, 6) is -0.622. The maximum atomic E-state index is 14.2. The van der Waals surface area contributed by atoms with Gasteiger partial charge in [0.15, 0.2) is 0 Å². The molecule has 6 heteroatoms. The van der Waals surface area contributed by atoms with Crippen molar-refractivity contribution < 1.29 is 14.0 Å². The van der Waals surface area contributed by atoms with Gasteiger partial charge in [0.1, 0.15) is 11.6 Å². The Kier molecular flexibility index (Phi) is 4.53. The van der Waals surface area contributed by atoms with Gasteiger partial charge >= 0.3 is 0 Å². The van der Waals surface area contributed by atoms with Crippen LogP contribution in [0.25, 0.3) is 11.1 Å². The van der Waals surface area contributed by atoms with Crippen molar-refractivity contribution in [3.05, 3.63) is 46.9 Å². The summed E-state index contributed by atoms with van der Waals surface area (Å²) in [6.07, 6.45) is 3.50. The van der Waals surface area contributed by atoms with Crippen molar-refractivity contribution in [2.24, 2.45) is 0 Å². The van der Waals surface area contributed by atoms with Gasteiger partial charge in [-0.25, -0.2) is 9.37 Å². The van der Waals surface area contributed by atoms with Crippen LogP contribution in [0.4, 0.5) is 10.2 Å². The summed E-state index contributed by atoms with van der Waals surface area (Å²) >= 11 is 0. The molecule has 0 spiro atoms. The molecule has 2 N–H and O–H groups in total. The fourth-order valence-electron chi connectivity index (χ4n) is 2.67. The smallest absolute Gasteiger partial charge is 0.254 e. The first-order valence-corrected chi connectivity index (χ1v) is 8.20. The van der Waals surface area contributed by atoms with Crippen molar-refractivity contribution in [3.63, 3.8) is 0 Å². The molecule has 0 aliphatic heterocycles. The molecule has 0 radical (unpaired) electrons. The second kappa shape index (κ2) is 6.63. The molecular weight excluding hydrogens is 321 g/mol. The Morgan fingerprint density at radius 2 is 1.88 bits per heavy atom. The third-order valence-corrected chi connectivity index (χ3v) is 4.15. The lowest BCUT2D eigenvalue weighted by Gasteiger charge is -2.13. The van der Waals surface area contributed by atoms with Gasteiger partial charge in [-0.3, -0.25) is 9.59 Å². The van der Waals surface area contributed by atoms with Crippen LogP contribution in [0, 0.1) is 19.7 Å². The number of carbonyl (C=O) groups excluding carboxylic acids is 2. The number of anilines is 1. The number of aryl methyl sites for hydroxylation is 2. The monoisotopic (exact) mass is 341 g/mol. The zero-order valence-corrected chi connectivity index (χ0v) is 14.4. The molecule has 2 amide bonds. The highest BCUT2D eigenvalue weighted by Crippen LogP contribution is 2.29. The molecule has 0 unspecified atom stereocenters. The van der Waals surface area contributed by atoms with Gasteiger partial charge in [-0.1, -0.05) is 0 Å². The highest BCUT2D eigenvalue weighted by Gasteiger charge is 2.25. The maximum Gasteiger partial charge on any atom is 0.254 e. The van der Waals surface area contributed by atoms with Gasteiger partial charge in [-0.05, 0) is 61.6 Å². The summed E-state index contributed by atoms with van der Waals surface area (Å²) in [7, 11) is 0. The molecular formula is C19H20FN3O2. The number of carbonyl (C=O) groups is 2. The molecule has 1 saturated carbocycles. The Bertz CT molecular complexity index is 860. The number of aromatic nitrogens is 1. The number of hydrogen-bond acceptors (Lipinski definition) is 3. The van der Waals surface area contributed by atoms with Gasteiger partial charge in [-0.2, -0.15) is 0 Å². The number of halogens is 1. The van der Waals surface area contributed by atoms with E-state index in [9.17, 15) is 14.0 Å². The van der Waals surface area contributed by atoms with Gasteiger partial charge in [0, 0.05) is 24.7 Å². The fourth-order valence-corrected chi connectivity index (χ4v) is 2.67. The lowest BCUT2D eigenvalue weighted by molar-refractivity contribution is -0.114. The Morgan fingerprint density at radius 3 is 2.48 bits per heavy atom. The van der Waals surface area contributed by atoms with E-state index in [4.69, 9.17) is 0 Å². The third-order valence-electron chi connectivity index (χ3n) is 4.15. The number of rotatable bonds is 4. The predicted octanol–water partition coefficient (Wildman–Crippen LogP) is 3.36. The Hall–Kier alpha value is -2.76. The summed E-state index contributed by atoms with van der Waals surface area (Å²) < 4.78 is 14.2. The first-order chi connectivity index (χ1) is 11.8. The first-order valence-electron chi connectivity index (χ1n) is 8.20. The highest BCUT2D eigenvalue weighted by molar-refractivity contribution is 5.96. The van der Waals surface area contributed by atoms with Crippen molar-refractivity contribution in [2.45, 2.75) is 39.7 Å². The van der Waals surface area contributed by atoms with Gasteiger partial charge in [0.2, 0.25) is 5.91 Å². The molecule has 130 valence electrons. The van der Waals surface area contributed by atoms with Gasteiger partial charge in [0.05, 0.1) is 5.56 Å². The van der Waals surface area contributed by atoms with Crippen LogP contribution in [-0.2, 0) is 4.79 Å². The lowest BCUT2D eigenvalue weighted by atomic mass is 9.97. The Balaban J connectivity index is 1.97. The lowest BCUT2D eigenvalue weighted by Crippen LogP contribution is -2.26. The summed E-state index contributed by atoms with van der Waals surface area (Å²) in [4.78, 5) is 27.7. The van der Waals surface area contributed by atoms with E-state index in [0.29, 0.717) is 11.4 Å². The molecule has 1 heterocycles. The molecule has 1 aliphatic carbocycles. The standard InChI is InChI=1S/C19H20FN3O2/c1-10-7-17(20)16(19(25)23-14-4-5-14)8-15(10)13-6-11(2)18(21-9-13)22-12(3)24/h6-9,14H,4-5H2,1-3H3,(H,23,25)(H,21,22,24). The molecule has 1 aromatic carbocycles. The Morgan fingerprint density at radius 1 is 1.16 bits per heavy atom. The molecule has 1 fully saturated rings. The van der Waals surface area contributed by atoms with E-state index >= 15 is 0 Å². The van der Waals surface area contributed by atoms with Crippen LogP contribution in [0.2, 0.25) is 0 Å². The number of amides is 2. The molecule has 25 heavy (non-hydrogen) atoms. The average molecular weight is 341 g/mol. The number of pyridine rings is 1. The number of nitrogens with zero attached hydrogens (tertiary/aromatic N) is 1. The molecule has 5 nitrogen and oxygen atoms in total. The zero-order chi connectivity index (χ0) is 18.1. The van der Waals surface area contributed by atoms with Gasteiger partial charge < -0.3 is 10.6 Å². The number of benzene rings is 1. The molecule has 0 saturated heterocycles. The van der Waals surface area contributed by atoms with Crippen molar-refractivity contribution in [1.82, 2.24) is 10.3 Å². The predicted molar refractivity (Wildman–Crippen MR) is 93.9 cm³/mol. The fraction of sp³-hybridized carbons (Fsp3) is 0.316. The normalized spacial score (nSPS) is 13.4. The molecule has 1 aliphatic rings. The highest BCUT2D eigenvalue weighted by atomic mass is 19.1. The third kappa shape index (κ3) is 3.84. The van der Waals surface area contributed by atoms with E-state index in [1.165, 1.54) is 13.0 Å². The molecule has 3 rings (SSSR count). The molecule has 0 bridgehead atoms. The summed E-state index contributed by atoms with van der Waals surface area (Å²) in [5.41, 5.74) is 3.06. The minimum Gasteiger partial charge on any atom is -0.349 e. The largest absolute Gasteiger partial charge is 0.349 e. The van der Waals surface area contributed by atoms with E-state index in [-0.39, 0.29) is 23.4 Å². The minimum absolute atomic E-state index is 0.0380. The topological polar surface area (TPSA) is 71.1 Å². The van der Waals surface area contributed by atoms with Crippen molar-refractivity contribution in [1.29, 1.82) is 0 Å². The van der Waals surface area contributed by atoms with E-state index in [2.05, 4.69) is 15.6 Å².